The molecule has 4 heteroatoms. The highest BCUT2D eigenvalue weighted by Gasteiger charge is 2.28. The zero-order chi connectivity index (χ0) is 18.3. The predicted molar refractivity (Wildman–Crippen MR) is 97.1 cm³/mol. The molecule has 0 bridgehead atoms. The minimum atomic E-state index is -0.557. The van der Waals surface area contributed by atoms with Crippen LogP contribution in [0.5, 0.6) is 5.75 Å². The Morgan fingerprint density at radius 1 is 1.04 bits per heavy atom. The third kappa shape index (κ3) is 5.09. The lowest BCUT2D eigenvalue weighted by atomic mass is 9.90. The summed E-state index contributed by atoms with van der Waals surface area (Å²) in [7, 11) is 0. The first kappa shape index (κ1) is 18.5. The number of carbonyl (C=O) groups excluding carboxylic acids is 1. The molecule has 0 aliphatic heterocycles. The summed E-state index contributed by atoms with van der Waals surface area (Å²) in [6.07, 6.45) is 0.587. The molecule has 0 unspecified atom stereocenters. The zero-order valence-corrected chi connectivity index (χ0v) is 14.9. The van der Waals surface area contributed by atoms with E-state index in [4.69, 9.17) is 14.7 Å². The lowest BCUT2D eigenvalue weighted by Gasteiger charge is -2.22. The van der Waals surface area contributed by atoms with Gasteiger partial charge in [0, 0.05) is 0 Å². The van der Waals surface area contributed by atoms with Crippen LogP contribution in [0.15, 0.2) is 48.5 Å². The highest BCUT2D eigenvalue weighted by atomic mass is 16.5. The molecule has 0 heterocycles. The van der Waals surface area contributed by atoms with Crippen molar-refractivity contribution in [1.82, 2.24) is 0 Å². The molecule has 0 saturated heterocycles. The molecule has 0 fully saturated rings. The number of benzene rings is 2. The second kappa shape index (κ2) is 8.34. The summed E-state index contributed by atoms with van der Waals surface area (Å²) in [5.74, 6) is 0.562. The van der Waals surface area contributed by atoms with Gasteiger partial charge in [0.15, 0.2) is 0 Å². The van der Waals surface area contributed by atoms with E-state index in [-0.39, 0.29) is 5.97 Å². The van der Waals surface area contributed by atoms with Crippen LogP contribution in [0.1, 0.15) is 32.8 Å². The summed E-state index contributed by atoms with van der Waals surface area (Å²) in [5, 5.41) is 8.84. The van der Waals surface area contributed by atoms with Gasteiger partial charge < -0.3 is 9.47 Å². The van der Waals surface area contributed by atoms with Crippen molar-refractivity contribution in [3.05, 3.63) is 54.1 Å². The first-order chi connectivity index (χ1) is 12.0. The monoisotopic (exact) mass is 337 g/mol. The van der Waals surface area contributed by atoms with Gasteiger partial charge in [-0.05, 0) is 62.6 Å². The summed E-state index contributed by atoms with van der Waals surface area (Å²) in [6.45, 7) is 6.37. The SMILES string of the molecule is CCOC(=O)C(C)(C)CCOc1ccc(-c2ccc(C#N)cc2)cc1. The maximum absolute atomic E-state index is 11.9. The van der Waals surface area contributed by atoms with E-state index in [2.05, 4.69) is 6.07 Å². The predicted octanol–water partition coefficient (Wildman–Crippen LogP) is 4.58. The van der Waals surface area contributed by atoms with Crippen molar-refractivity contribution in [3.63, 3.8) is 0 Å². The molecule has 0 radical (unpaired) electrons. The molecule has 0 N–H and O–H groups in total. The Balaban J connectivity index is 1.92. The van der Waals surface area contributed by atoms with Crippen LogP contribution in [0.25, 0.3) is 11.1 Å². The van der Waals surface area contributed by atoms with Crippen LogP contribution in [0.4, 0.5) is 0 Å². The number of hydrogen-bond donors (Lipinski definition) is 0. The van der Waals surface area contributed by atoms with Gasteiger partial charge in [-0.2, -0.15) is 5.26 Å². The number of nitrogens with zero attached hydrogens (tertiary/aromatic N) is 1. The summed E-state index contributed by atoms with van der Waals surface area (Å²) in [6, 6.07) is 17.3. The molecule has 2 aromatic rings. The summed E-state index contributed by atoms with van der Waals surface area (Å²) < 4.78 is 10.8. The maximum atomic E-state index is 11.9. The van der Waals surface area contributed by atoms with E-state index in [0.29, 0.717) is 25.2 Å². The molecule has 130 valence electrons. The van der Waals surface area contributed by atoms with Crippen LogP contribution in [0.2, 0.25) is 0 Å². The van der Waals surface area contributed by atoms with Crippen LogP contribution in [-0.2, 0) is 9.53 Å². The van der Waals surface area contributed by atoms with Crippen LogP contribution >= 0.6 is 0 Å². The van der Waals surface area contributed by atoms with Crippen LogP contribution < -0.4 is 4.74 Å². The van der Waals surface area contributed by atoms with Gasteiger partial charge in [0.1, 0.15) is 5.75 Å². The van der Waals surface area contributed by atoms with Crippen molar-refractivity contribution in [1.29, 1.82) is 5.26 Å². The molecule has 0 atom stereocenters. The van der Waals surface area contributed by atoms with E-state index in [1.54, 1.807) is 19.1 Å². The van der Waals surface area contributed by atoms with E-state index < -0.39 is 5.41 Å². The van der Waals surface area contributed by atoms with E-state index in [1.165, 1.54) is 0 Å². The average Bonchev–Trinajstić information content (AvgIpc) is 2.62. The zero-order valence-electron chi connectivity index (χ0n) is 14.9. The molecule has 0 amide bonds. The van der Waals surface area contributed by atoms with Gasteiger partial charge in [-0.1, -0.05) is 24.3 Å². The van der Waals surface area contributed by atoms with E-state index in [9.17, 15) is 4.79 Å². The number of rotatable bonds is 7. The summed E-state index contributed by atoms with van der Waals surface area (Å²) in [5.41, 5.74) is 2.20. The largest absolute Gasteiger partial charge is 0.494 e. The molecule has 0 aliphatic rings. The van der Waals surface area contributed by atoms with Gasteiger partial charge in [0.25, 0.3) is 0 Å². The Hall–Kier alpha value is -2.80. The molecule has 0 aliphatic carbocycles. The standard InChI is InChI=1S/C21H23NO3/c1-4-24-20(23)21(2,3)13-14-25-19-11-9-18(10-12-19)17-7-5-16(15-22)6-8-17/h5-12H,4,13-14H2,1-3H3. The van der Waals surface area contributed by atoms with Crippen molar-refractivity contribution in [3.8, 4) is 22.9 Å². The molecule has 2 aromatic carbocycles. The van der Waals surface area contributed by atoms with Gasteiger partial charge in [0.05, 0.1) is 30.3 Å². The maximum Gasteiger partial charge on any atom is 0.311 e. The van der Waals surface area contributed by atoms with Gasteiger partial charge >= 0.3 is 5.97 Å². The first-order valence-electron chi connectivity index (χ1n) is 8.37. The second-order valence-electron chi connectivity index (χ2n) is 6.42. The van der Waals surface area contributed by atoms with E-state index >= 15 is 0 Å². The van der Waals surface area contributed by atoms with Crippen LogP contribution in [0, 0.1) is 16.7 Å². The Morgan fingerprint density at radius 2 is 1.60 bits per heavy atom. The van der Waals surface area contributed by atoms with Crippen molar-refractivity contribution in [2.45, 2.75) is 27.2 Å². The average molecular weight is 337 g/mol. The molecule has 2 rings (SSSR count). The quantitative estimate of drug-likeness (QED) is 0.694. The van der Waals surface area contributed by atoms with Crippen molar-refractivity contribution >= 4 is 5.97 Å². The van der Waals surface area contributed by atoms with Gasteiger partial charge in [0.2, 0.25) is 0 Å². The Bertz CT molecular complexity index is 740. The number of nitriles is 1. The topological polar surface area (TPSA) is 59.3 Å². The minimum absolute atomic E-state index is 0.199. The smallest absolute Gasteiger partial charge is 0.311 e. The third-order valence-electron chi connectivity index (χ3n) is 4.03. The molecule has 0 spiro atoms. The fourth-order valence-corrected chi connectivity index (χ4v) is 2.33. The Morgan fingerprint density at radius 3 is 2.12 bits per heavy atom. The molecule has 0 saturated carbocycles. The molecule has 0 aromatic heterocycles. The fraction of sp³-hybridized carbons (Fsp3) is 0.333. The third-order valence-corrected chi connectivity index (χ3v) is 4.03. The normalized spacial score (nSPS) is 10.8. The van der Waals surface area contributed by atoms with Crippen LogP contribution in [-0.4, -0.2) is 19.2 Å². The fourth-order valence-electron chi connectivity index (χ4n) is 2.33. The second-order valence-corrected chi connectivity index (χ2v) is 6.42. The summed E-state index contributed by atoms with van der Waals surface area (Å²) in [4.78, 5) is 11.9. The first-order valence-corrected chi connectivity index (χ1v) is 8.37. The van der Waals surface area contributed by atoms with Gasteiger partial charge in [-0.25, -0.2) is 0 Å². The minimum Gasteiger partial charge on any atom is -0.494 e. The molecule has 25 heavy (non-hydrogen) atoms. The number of hydrogen-bond acceptors (Lipinski definition) is 4. The van der Waals surface area contributed by atoms with Crippen molar-refractivity contribution in [2.24, 2.45) is 5.41 Å². The van der Waals surface area contributed by atoms with Gasteiger partial charge in [-0.3, -0.25) is 4.79 Å². The number of carbonyl (C=O) groups is 1. The highest BCUT2D eigenvalue weighted by molar-refractivity contribution is 5.75. The van der Waals surface area contributed by atoms with Crippen LogP contribution in [0.3, 0.4) is 0 Å². The Kier molecular flexibility index (Phi) is 6.19. The van der Waals surface area contributed by atoms with Crippen molar-refractivity contribution < 1.29 is 14.3 Å². The van der Waals surface area contributed by atoms with E-state index in [0.717, 1.165) is 16.9 Å². The van der Waals surface area contributed by atoms with Gasteiger partial charge in [-0.15, -0.1) is 0 Å². The number of esters is 1. The number of ether oxygens (including phenoxy) is 2. The molecular weight excluding hydrogens is 314 g/mol. The summed E-state index contributed by atoms with van der Waals surface area (Å²) >= 11 is 0. The highest BCUT2D eigenvalue weighted by Crippen LogP contribution is 2.25. The van der Waals surface area contributed by atoms with Crippen molar-refractivity contribution in [2.75, 3.05) is 13.2 Å². The lowest BCUT2D eigenvalue weighted by Crippen LogP contribution is -2.28. The lowest BCUT2D eigenvalue weighted by molar-refractivity contribution is -0.154. The molecule has 4 nitrogen and oxygen atoms in total. The molecular formula is C21H23NO3. The van der Waals surface area contributed by atoms with E-state index in [1.807, 2.05) is 50.2 Å². The Labute approximate surface area is 149 Å².